The summed E-state index contributed by atoms with van der Waals surface area (Å²) in [7, 11) is 1.42. The Hall–Kier alpha value is -1.29. The van der Waals surface area contributed by atoms with Crippen LogP contribution in [0.5, 0.6) is 5.75 Å². The minimum atomic E-state index is -1.01. The van der Waals surface area contributed by atoms with Gasteiger partial charge in [0.05, 0.1) is 17.5 Å². The van der Waals surface area contributed by atoms with Crippen LogP contribution in [0, 0.1) is 12.7 Å². The molecule has 0 amide bonds. The van der Waals surface area contributed by atoms with E-state index in [2.05, 4.69) is 0 Å². The third-order valence-electron chi connectivity index (χ3n) is 3.98. The summed E-state index contributed by atoms with van der Waals surface area (Å²) in [5.41, 5.74) is -0.255. The van der Waals surface area contributed by atoms with Gasteiger partial charge in [-0.1, -0.05) is 24.4 Å². The van der Waals surface area contributed by atoms with E-state index >= 15 is 0 Å². The molecule has 0 atom stereocenters. The van der Waals surface area contributed by atoms with Gasteiger partial charge in [0, 0.05) is 11.1 Å². The molecular formula is C14H16ClFO3. The van der Waals surface area contributed by atoms with Crippen LogP contribution in [0.15, 0.2) is 6.07 Å². The quantitative estimate of drug-likeness (QED) is 0.922. The zero-order valence-electron chi connectivity index (χ0n) is 10.9. The van der Waals surface area contributed by atoms with Gasteiger partial charge in [-0.2, -0.15) is 0 Å². The van der Waals surface area contributed by atoms with Gasteiger partial charge in [-0.25, -0.2) is 4.39 Å². The van der Waals surface area contributed by atoms with Gasteiger partial charge in [-0.15, -0.1) is 0 Å². The van der Waals surface area contributed by atoms with Crippen LogP contribution >= 0.6 is 11.6 Å². The Morgan fingerprint density at radius 2 is 2.05 bits per heavy atom. The van der Waals surface area contributed by atoms with Gasteiger partial charge in [0.2, 0.25) is 0 Å². The number of carbonyl (C=O) groups is 1. The molecule has 1 aliphatic carbocycles. The number of halogens is 2. The van der Waals surface area contributed by atoms with Crippen molar-refractivity contribution in [3.63, 3.8) is 0 Å². The van der Waals surface area contributed by atoms with E-state index in [9.17, 15) is 14.3 Å². The smallest absolute Gasteiger partial charge is 0.314 e. The van der Waals surface area contributed by atoms with Crippen LogP contribution in [0.3, 0.4) is 0 Å². The molecule has 5 heteroatoms. The summed E-state index contributed by atoms with van der Waals surface area (Å²) < 4.78 is 19.0. The lowest BCUT2D eigenvalue weighted by Gasteiger charge is -2.27. The molecule has 0 aromatic heterocycles. The lowest BCUT2D eigenvalue weighted by atomic mass is 9.77. The first-order chi connectivity index (χ1) is 8.94. The first-order valence-electron chi connectivity index (χ1n) is 6.20. The maximum atomic E-state index is 13.8. The second-order valence-corrected chi connectivity index (χ2v) is 5.38. The zero-order chi connectivity index (χ0) is 14.2. The second-order valence-electron chi connectivity index (χ2n) is 4.97. The first kappa shape index (κ1) is 14.1. The summed E-state index contributed by atoms with van der Waals surface area (Å²) in [5, 5.41) is 9.54. The molecule has 0 bridgehead atoms. The molecule has 0 radical (unpaired) electrons. The van der Waals surface area contributed by atoms with Gasteiger partial charge in [-0.05, 0) is 25.8 Å². The Bertz CT molecular complexity index is 522. The zero-order valence-corrected chi connectivity index (χ0v) is 11.7. The monoisotopic (exact) mass is 286 g/mol. The number of carboxylic acid groups (broad SMARTS) is 1. The van der Waals surface area contributed by atoms with E-state index < -0.39 is 17.2 Å². The molecule has 1 fully saturated rings. The normalized spacial score (nSPS) is 17.5. The molecule has 1 saturated carbocycles. The Kier molecular flexibility index (Phi) is 3.72. The van der Waals surface area contributed by atoms with Crippen molar-refractivity contribution in [1.29, 1.82) is 0 Å². The van der Waals surface area contributed by atoms with E-state index in [1.54, 1.807) is 6.92 Å². The predicted octanol–water partition coefficient (Wildman–Crippen LogP) is 3.69. The molecular weight excluding hydrogens is 271 g/mol. The minimum absolute atomic E-state index is 0.0548. The number of aliphatic carboxylic acids is 1. The average Bonchev–Trinajstić information content (AvgIpc) is 2.86. The lowest BCUT2D eigenvalue weighted by Crippen LogP contribution is -2.33. The Balaban J connectivity index is 2.70. The average molecular weight is 287 g/mol. The topological polar surface area (TPSA) is 46.5 Å². The fourth-order valence-electron chi connectivity index (χ4n) is 2.93. The SMILES string of the molecule is COc1c(C2(C(=O)O)CCCC2)cc(Cl)c(F)c1C. The first-order valence-corrected chi connectivity index (χ1v) is 6.58. The standard InChI is InChI=1S/C14H16ClFO3/c1-8-11(16)10(15)7-9(12(8)19-2)14(13(17)18)5-3-4-6-14/h7H,3-6H2,1-2H3,(H,17,18). The van der Waals surface area contributed by atoms with Crippen molar-refractivity contribution in [3.05, 3.63) is 28.0 Å². The highest BCUT2D eigenvalue weighted by Gasteiger charge is 2.45. The van der Waals surface area contributed by atoms with Gasteiger partial charge >= 0.3 is 5.97 Å². The fourth-order valence-corrected chi connectivity index (χ4v) is 3.18. The summed E-state index contributed by atoms with van der Waals surface area (Å²) in [4.78, 5) is 11.7. The minimum Gasteiger partial charge on any atom is -0.496 e. The molecule has 0 spiro atoms. The molecule has 2 rings (SSSR count). The Morgan fingerprint density at radius 1 is 1.47 bits per heavy atom. The van der Waals surface area contributed by atoms with Crippen molar-refractivity contribution >= 4 is 17.6 Å². The third-order valence-corrected chi connectivity index (χ3v) is 4.26. The molecule has 0 heterocycles. The van der Waals surface area contributed by atoms with Gasteiger partial charge in [0.1, 0.15) is 11.6 Å². The van der Waals surface area contributed by atoms with Crippen molar-refractivity contribution in [2.45, 2.75) is 38.0 Å². The summed E-state index contributed by atoms with van der Waals surface area (Å²) in [5.74, 6) is -1.16. The van der Waals surface area contributed by atoms with Gasteiger partial charge in [0.25, 0.3) is 0 Å². The number of methoxy groups -OCH3 is 1. The number of carboxylic acids is 1. The van der Waals surface area contributed by atoms with Gasteiger partial charge in [-0.3, -0.25) is 4.79 Å². The van der Waals surface area contributed by atoms with Gasteiger partial charge in [0.15, 0.2) is 0 Å². The number of benzene rings is 1. The van der Waals surface area contributed by atoms with Crippen LogP contribution in [-0.2, 0) is 10.2 Å². The van der Waals surface area contributed by atoms with Crippen LogP contribution in [0.4, 0.5) is 4.39 Å². The maximum absolute atomic E-state index is 13.8. The van der Waals surface area contributed by atoms with E-state index in [4.69, 9.17) is 16.3 Å². The Labute approximate surface area is 116 Å². The predicted molar refractivity (Wildman–Crippen MR) is 70.5 cm³/mol. The molecule has 0 aliphatic heterocycles. The summed E-state index contributed by atoms with van der Waals surface area (Å²) in [6, 6.07) is 1.40. The van der Waals surface area contributed by atoms with E-state index in [0.717, 1.165) is 12.8 Å². The number of ether oxygens (including phenoxy) is 1. The molecule has 0 unspecified atom stereocenters. The molecule has 19 heavy (non-hydrogen) atoms. The van der Waals surface area contributed by atoms with E-state index in [1.807, 2.05) is 0 Å². The van der Waals surface area contributed by atoms with Crippen LogP contribution < -0.4 is 4.74 Å². The fraction of sp³-hybridized carbons (Fsp3) is 0.500. The molecule has 1 aromatic rings. The van der Waals surface area contributed by atoms with E-state index in [1.165, 1.54) is 13.2 Å². The summed E-state index contributed by atoms with van der Waals surface area (Å²) in [6.45, 7) is 1.55. The summed E-state index contributed by atoms with van der Waals surface area (Å²) in [6.07, 6.45) is 2.73. The molecule has 104 valence electrons. The maximum Gasteiger partial charge on any atom is 0.314 e. The number of hydrogen-bond donors (Lipinski definition) is 1. The molecule has 1 aromatic carbocycles. The third kappa shape index (κ3) is 2.08. The lowest BCUT2D eigenvalue weighted by molar-refractivity contribution is -0.143. The van der Waals surface area contributed by atoms with Crippen molar-refractivity contribution in [3.8, 4) is 5.75 Å². The van der Waals surface area contributed by atoms with Crippen molar-refractivity contribution < 1.29 is 19.0 Å². The molecule has 3 nitrogen and oxygen atoms in total. The molecule has 1 N–H and O–H groups in total. The highest BCUT2D eigenvalue weighted by molar-refractivity contribution is 6.31. The second kappa shape index (κ2) is 5.00. The van der Waals surface area contributed by atoms with Crippen molar-refractivity contribution in [2.75, 3.05) is 7.11 Å². The molecule has 0 saturated heterocycles. The molecule has 1 aliphatic rings. The highest BCUT2D eigenvalue weighted by atomic mass is 35.5. The van der Waals surface area contributed by atoms with E-state index in [-0.39, 0.29) is 10.6 Å². The van der Waals surface area contributed by atoms with Crippen LogP contribution in [0.1, 0.15) is 36.8 Å². The van der Waals surface area contributed by atoms with Gasteiger partial charge < -0.3 is 9.84 Å². The van der Waals surface area contributed by atoms with Crippen LogP contribution in [0.25, 0.3) is 0 Å². The van der Waals surface area contributed by atoms with Crippen LogP contribution in [-0.4, -0.2) is 18.2 Å². The number of rotatable bonds is 3. The van der Waals surface area contributed by atoms with Crippen molar-refractivity contribution in [2.24, 2.45) is 0 Å². The highest BCUT2D eigenvalue weighted by Crippen LogP contribution is 2.47. The summed E-state index contributed by atoms with van der Waals surface area (Å²) >= 11 is 5.87. The van der Waals surface area contributed by atoms with E-state index in [0.29, 0.717) is 24.2 Å². The Morgan fingerprint density at radius 3 is 2.53 bits per heavy atom. The number of hydrogen-bond acceptors (Lipinski definition) is 2. The van der Waals surface area contributed by atoms with Crippen molar-refractivity contribution in [1.82, 2.24) is 0 Å². The largest absolute Gasteiger partial charge is 0.496 e. The van der Waals surface area contributed by atoms with Crippen LogP contribution in [0.2, 0.25) is 5.02 Å².